The molecule has 0 aliphatic heterocycles. The van der Waals surface area contributed by atoms with Crippen LogP contribution in [-0.2, 0) is 14.2 Å². The Hall–Kier alpha value is -1.50. The van der Waals surface area contributed by atoms with Crippen molar-refractivity contribution in [3.8, 4) is 0 Å². The molecule has 1 aromatic carbocycles. The monoisotopic (exact) mass is 316 g/mol. The second kappa shape index (κ2) is 9.50. The lowest BCUT2D eigenvalue weighted by molar-refractivity contribution is -0.138. The molecular formula is C16H22F2O4. The Morgan fingerprint density at radius 3 is 2.55 bits per heavy atom. The lowest BCUT2D eigenvalue weighted by Gasteiger charge is -2.25. The van der Waals surface area contributed by atoms with Crippen molar-refractivity contribution in [1.82, 2.24) is 0 Å². The number of aliphatic hydroxyl groups excluding tert-OH is 1. The fourth-order valence-electron chi connectivity index (χ4n) is 1.76. The first kappa shape index (κ1) is 18.5. The average molecular weight is 316 g/mol. The first-order chi connectivity index (χ1) is 10.5. The van der Waals surface area contributed by atoms with Crippen molar-refractivity contribution in [2.75, 3.05) is 27.1 Å². The summed E-state index contributed by atoms with van der Waals surface area (Å²) >= 11 is 0. The standard InChI is InChI=1S/C16H22F2O4/c1-3-7-14(22-12-21-11-10-20-2)16(17,18)15(19)13-8-5-4-6-9-13/h4-9,15,19H,3,10-12H2,1-2H3/b14-7+. The number of methoxy groups -OCH3 is 1. The average Bonchev–Trinajstić information content (AvgIpc) is 2.53. The van der Waals surface area contributed by atoms with Gasteiger partial charge >= 0.3 is 5.92 Å². The fourth-order valence-corrected chi connectivity index (χ4v) is 1.76. The van der Waals surface area contributed by atoms with Gasteiger partial charge in [0, 0.05) is 7.11 Å². The van der Waals surface area contributed by atoms with Crippen LogP contribution >= 0.6 is 0 Å². The summed E-state index contributed by atoms with van der Waals surface area (Å²) in [5, 5.41) is 9.95. The zero-order chi connectivity index (χ0) is 16.4. The van der Waals surface area contributed by atoms with E-state index >= 15 is 0 Å². The summed E-state index contributed by atoms with van der Waals surface area (Å²) in [6.07, 6.45) is -0.387. The highest BCUT2D eigenvalue weighted by atomic mass is 19.3. The normalized spacial score (nSPS) is 14.0. The van der Waals surface area contributed by atoms with Crippen molar-refractivity contribution >= 4 is 0 Å². The number of alkyl halides is 2. The summed E-state index contributed by atoms with van der Waals surface area (Å²) in [6, 6.07) is 7.75. The third-order valence-corrected chi connectivity index (χ3v) is 2.91. The fraction of sp³-hybridized carbons (Fsp3) is 0.500. The van der Waals surface area contributed by atoms with Gasteiger partial charge in [0.2, 0.25) is 0 Å². The first-order valence-electron chi connectivity index (χ1n) is 7.05. The van der Waals surface area contributed by atoms with Crippen molar-refractivity contribution in [2.24, 2.45) is 0 Å². The van der Waals surface area contributed by atoms with Gasteiger partial charge in [0.15, 0.2) is 18.7 Å². The van der Waals surface area contributed by atoms with Crippen LogP contribution in [0.2, 0.25) is 0 Å². The molecule has 1 aromatic rings. The van der Waals surface area contributed by atoms with Crippen molar-refractivity contribution in [3.63, 3.8) is 0 Å². The van der Waals surface area contributed by atoms with Crippen LogP contribution in [0.15, 0.2) is 42.2 Å². The number of rotatable bonds is 10. The number of hydrogen-bond acceptors (Lipinski definition) is 4. The summed E-state index contributed by atoms with van der Waals surface area (Å²) in [6.45, 7) is 1.97. The molecule has 0 heterocycles. The van der Waals surface area contributed by atoms with Crippen LogP contribution in [0.25, 0.3) is 0 Å². The second-order valence-electron chi connectivity index (χ2n) is 4.58. The molecule has 0 saturated heterocycles. The van der Waals surface area contributed by atoms with E-state index in [1.807, 2.05) is 0 Å². The van der Waals surface area contributed by atoms with Crippen LogP contribution in [0.4, 0.5) is 8.78 Å². The van der Waals surface area contributed by atoms with Gasteiger partial charge in [0.05, 0.1) is 13.2 Å². The van der Waals surface area contributed by atoms with E-state index in [0.29, 0.717) is 13.0 Å². The number of halogens is 2. The number of benzene rings is 1. The maximum Gasteiger partial charge on any atom is 0.333 e. The Bertz CT molecular complexity index is 449. The van der Waals surface area contributed by atoms with Gasteiger partial charge in [-0.25, -0.2) is 0 Å². The highest BCUT2D eigenvalue weighted by Gasteiger charge is 2.45. The van der Waals surface area contributed by atoms with Gasteiger partial charge < -0.3 is 19.3 Å². The summed E-state index contributed by atoms with van der Waals surface area (Å²) in [4.78, 5) is 0. The molecular weight excluding hydrogens is 294 g/mol. The molecule has 0 bridgehead atoms. The van der Waals surface area contributed by atoms with Crippen molar-refractivity contribution in [2.45, 2.75) is 25.4 Å². The Kier molecular flexibility index (Phi) is 8.01. The first-order valence-corrected chi connectivity index (χ1v) is 7.05. The van der Waals surface area contributed by atoms with E-state index in [0.717, 1.165) is 0 Å². The van der Waals surface area contributed by atoms with Gasteiger partial charge in [-0.05, 0) is 18.1 Å². The molecule has 0 aromatic heterocycles. The lowest BCUT2D eigenvalue weighted by Crippen LogP contribution is -2.30. The van der Waals surface area contributed by atoms with Gasteiger partial charge in [-0.1, -0.05) is 37.3 Å². The molecule has 0 saturated carbocycles. The van der Waals surface area contributed by atoms with Crippen molar-refractivity contribution < 1.29 is 28.1 Å². The molecule has 1 unspecified atom stereocenters. The molecule has 1 atom stereocenters. The molecule has 0 aliphatic carbocycles. The highest BCUT2D eigenvalue weighted by Crippen LogP contribution is 2.38. The van der Waals surface area contributed by atoms with Crippen molar-refractivity contribution in [1.29, 1.82) is 0 Å². The summed E-state index contributed by atoms with van der Waals surface area (Å²) in [5.74, 6) is -4.13. The Morgan fingerprint density at radius 2 is 1.95 bits per heavy atom. The number of hydrogen-bond donors (Lipinski definition) is 1. The Labute approximate surface area is 129 Å². The van der Waals surface area contributed by atoms with Gasteiger partial charge in [-0.3, -0.25) is 0 Å². The predicted molar refractivity (Wildman–Crippen MR) is 78.5 cm³/mol. The summed E-state index contributed by atoms with van der Waals surface area (Å²) in [5.41, 5.74) is 0.124. The maximum absolute atomic E-state index is 14.4. The third-order valence-electron chi connectivity index (χ3n) is 2.91. The molecule has 0 spiro atoms. The summed E-state index contributed by atoms with van der Waals surface area (Å²) in [7, 11) is 1.51. The Balaban J connectivity index is 2.73. The second-order valence-corrected chi connectivity index (χ2v) is 4.58. The van der Waals surface area contributed by atoms with Gasteiger partial charge in [-0.15, -0.1) is 0 Å². The molecule has 1 rings (SSSR count). The number of allylic oxidation sites excluding steroid dienone is 1. The molecule has 22 heavy (non-hydrogen) atoms. The van der Waals surface area contributed by atoms with E-state index in [1.165, 1.54) is 25.3 Å². The van der Waals surface area contributed by atoms with Crippen LogP contribution in [0.5, 0.6) is 0 Å². The molecule has 0 radical (unpaired) electrons. The maximum atomic E-state index is 14.4. The van der Waals surface area contributed by atoms with Crippen LogP contribution in [0.3, 0.4) is 0 Å². The molecule has 0 aliphatic rings. The van der Waals surface area contributed by atoms with E-state index in [2.05, 4.69) is 0 Å². The zero-order valence-electron chi connectivity index (χ0n) is 12.8. The number of ether oxygens (including phenoxy) is 3. The van der Waals surface area contributed by atoms with E-state index in [-0.39, 0.29) is 19.0 Å². The largest absolute Gasteiger partial charge is 0.466 e. The third kappa shape index (κ3) is 5.36. The molecule has 0 fully saturated rings. The van der Waals surface area contributed by atoms with E-state index in [9.17, 15) is 13.9 Å². The highest BCUT2D eigenvalue weighted by molar-refractivity contribution is 5.23. The van der Waals surface area contributed by atoms with Crippen LogP contribution < -0.4 is 0 Å². The minimum atomic E-state index is -3.54. The minimum absolute atomic E-state index is 0.124. The van der Waals surface area contributed by atoms with Crippen LogP contribution in [-0.4, -0.2) is 38.1 Å². The van der Waals surface area contributed by atoms with Gasteiger partial charge in [0.25, 0.3) is 0 Å². The molecule has 124 valence electrons. The topological polar surface area (TPSA) is 47.9 Å². The molecule has 1 N–H and O–H groups in total. The summed E-state index contributed by atoms with van der Waals surface area (Å²) < 4.78 is 43.6. The quantitative estimate of drug-likeness (QED) is 0.409. The Morgan fingerprint density at radius 1 is 1.27 bits per heavy atom. The lowest BCUT2D eigenvalue weighted by atomic mass is 10.0. The van der Waals surface area contributed by atoms with E-state index < -0.39 is 17.8 Å². The van der Waals surface area contributed by atoms with Crippen LogP contribution in [0, 0.1) is 0 Å². The van der Waals surface area contributed by atoms with Gasteiger partial charge in [-0.2, -0.15) is 8.78 Å². The minimum Gasteiger partial charge on any atom is -0.466 e. The van der Waals surface area contributed by atoms with E-state index in [1.54, 1.807) is 25.1 Å². The predicted octanol–water partition coefficient (Wildman–Crippen LogP) is 3.29. The molecule has 0 amide bonds. The molecule has 4 nitrogen and oxygen atoms in total. The van der Waals surface area contributed by atoms with Crippen LogP contribution in [0.1, 0.15) is 25.0 Å². The van der Waals surface area contributed by atoms with Crippen molar-refractivity contribution in [3.05, 3.63) is 47.7 Å². The smallest absolute Gasteiger partial charge is 0.333 e. The van der Waals surface area contributed by atoms with Gasteiger partial charge in [0.1, 0.15) is 0 Å². The number of aliphatic hydroxyl groups is 1. The SMILES string of the molecule is CC/C=C(/OCOCCOC)C(F)(F)C(O)c1ccccc1. The van der Waals surface area contributed by atoms with E-state index in [4.69, 9.17) is 14.2 Å². The zero-order valence-corrected chi connectivity index (χ0v) is 12.8. The molecule has 6 heteroatoms.